The van der Waals surface area contributed by atoms with Crippen LogP contribution in [-0.2, 0) is 31.3 Å². The largest absolute Gasteiger partial charge is 0.597 e. The maximum atomic E-state index is 12.8. The van der Waals surface area contributed by atoms with Gasteiger partial charge in [-0.15, -0.1) is 0 Å². The van der Waals surface area contributed by atoms with Crippen molar-refractivity contribution in [3.05, 3.63) is 83.9 Å². The van der Waals surface area contributed by atoms with Gasteiger partial charge in [0.1, 0.15) is 6.61 Å². The van der Waals surface area contributed by atoms with E-state index in [1.807, 2.05) is 18.2 Å². The summed E-state index contributed by atoms with van der Waals surface area (Å²) in [5.41, 5.74) is 1.44. The third kappa shape index (κ3) is 5.10. The second-order valence-electron chi connectivity index (χ2n) is 7.04. The Balaban J connectivity index is 1.73. The summed E-state index contributed by atoms with van der Waals surface area (Å²) in [6.45, 7) is 5.34. The minimum absolute atomic E-state index is 0.00822. The Morgan fingerprint density at radius 1 is 1.19 bits per heavy atom. The summed E-state index contributed by atoms with van der Waals surface area (Å²) in [6.07, 6.45) is 0. The van der Waals surface area contributed by atoms with Gasteiger partial charge in [0.25, 0.3) is 11.8 Å². The topological polar surface area (TPSA) is 98.8 Å². The number of nitrogens with zero attached hydrogens (tertiary/aromatic N) is 1. The zero-order chi connectivity index (χ0) is 22.5. The molecule has 0 spiro atoms. The molecular formula is C22H21ClN2O5S. The Bertz CT molecular complexity index is 970. The first-order valence-corrected chi connectivity index (χ1v) is 11.5. The number of halogens is 1. The Labute approximate surface area is 187 Å². The van der Waals surface area contributed by atoms with Crippen LogP contribution in [0.15, 0.2) is 72.8 Å². The molecule has 2 amide bonds. The van der Waals surface area contributed by atoms with Crippen molar-refractivity contribution >= 4 is 38.9 Å². The Hall–Kier alpha value is -2.81. The summed E-state index contributed by atoms with van der Waals surface area (Å²) in [6, 6.07) is 15.0. The highest BCUT2D eigenvalue weighted by Crippen LogP contribution is 2.33. The number of β-lactam (4-membered cyclic amide) rings is 1. The van der Waals surface area contributed by atoms with Crippen LogP contribution in [0.25, 0.3) is 0 Å². The van der Waals surface area contributed by atoms with Crippen LogP contribution in [0.3, 0.4) is 0 Å². The number of likely N-dealkylation sites (tertiary alicyclic amines) is 1. The molecule has 4 unspecified atom stereocenters. The summed E-state index contributed by atoms with van der Waals surface area (Å²) < 4.78 is 17.5. The second-order valence-corrected chi connectivity index (χ2v) is 8.94. The highest BCUT2D eigenvalue weighted by atomic mass is 35.7. The van der Waals surface area contributed by atoms with E-state index in [-0.39, 0.29) is 6.61 Å². The van der Waals surface area contributed by atoms with Gasteiger partial charge in [-0.1, -0.05) is 55.1 Å². The van der Waals surface area contributed by atoms with Gasteiger partial charge in [0.05, 0.1) is 10.4 Å². The number of hydrogen-bond donors (Lipinski definition) is 1. The van der Waals surface area contributed by atoms with Gasteiger partial charge >= 0.3 is 5.97 Å². The zero-order valence-electron chi connectivity index (χ0n) is 16.7. The number of hydrogen-bond acceptors (Lipinski definition) is 5. The van der Waals surface area contributed by atoms with Crippen LogP contribution < -0.4 is 5.32 Å². The fraction of sp³-hybridized carbons (Fsp3) is 0.227. The highest BCUT2D eigenvalue weighted by Gasteiger charge is 2.60. The van der Waals surface area contributed by atoms with Crippen molar-refractivity contribution in [2.45, 2.75) is 31.0 Å². The summed E-state index contributed by atoms with van der Waals surface area (Å²) in [4.78, 5) is 39.1. The van der Waals surface area contributed by atoms with Crippen molar-refractivity contribution in [2.75, 3.05) is 0 Å². The van der Waals surface area contributed by atoms with Crippen LogP contribution in [0.1, 0.15) is 22.8 Å². The van der Waals surface area contributed by atoms with Gasteiger partial charge in [-0.2, -0.15) is 0 Å². The first kappa shape index (κ1) is 22.9. The molecule has 1 saturated heterocycles. The first-order valence-electron chi connectivity index (χ1n) is 9.42. The average molecular weight is 461 g/mol. The van der Waals surface area contributed by atoms with Crippen molar-refractivity contribution in [2.24, 2.45) is 0 Å². The predicted molar refractivity (Wildman–Crippen MR) is 117 cm³/mol. The van der Waals surface area contributed by atoms with E-state index in [1.165, 1.54) is 0 Å². The summed E-state index contributed by atoms with van der Waals surface area (Å²) in [5.74, 6) is -1.82. The number of carbonyl (C=O) groups is 3. The van der Waals surface area contributed by atoms with E-state index >= 15 is 0 Å². The molecule has 2 aromatic rings. The van der Waals surface area contributed by atoms with Crippen molar-refractivity contribution < 1.29 is 23.7 Å². The molecular weight excluding hydrogens is 440 g/mol. The Kier molecular flexibility index (Phi) is 7.37. The fourth-order valence-electron chi connectivity index (χ4n) is 3.26. The number of esters is 1. The molecule has 0 saturated carbocycles. The maximum Gasteiger partial charge on any atom is 0.333 e. The summed E-state index contributed by atoms with van der Waals surface area (Å²) in [5, 5.41) is 1.44. The van der Waals surface area contributed by atoms with Gasteiger partial charge in [-0.25, -0.2) is 4.79 Å². The second kappa shape index (κ2) is 10.00. The monoisotopic (exact) mass is 460 g/mol. The molecule has 1 fully saturated rings. The van der Waals surface area contributed by atoms with Crippen molar-refractivity contribution in [3.63, 3.8) is 0 Å². The highest BCUT2D eigenvalue weighted by molar-refractivity contribution is 8.14. The first-order chi connectivity index (χ1) is 14.8. The minimum Gasteiger partial charge on any atom is -0.597 e. The molecule has 9 heteroatoms. The van der Waals surface area contributed by atoms with E-state index < -0.39 is 45.6 Å². The van der Waals surface area contributed by atoms with E-state index in [1.54, 1.807) is 49.4 Å². The molecule has 1 N–H and O–H groups in total. The Morgan fingerprint density at radius 3 is 2.32 bits per heavy atom. The molecule has 0 radical (unpaired) electrons. The fourth-order valence-corrected chi connectivity index (χ4v) is 4.63. The van der Waals surface area contributed by atoms with Crippen LogP contribution in [-0.4, -0.2) is 44.7 Å². The van der Waals surface area contributed by atoms with E-state index in [0.717, 1.165) is 10.5 Å². The van der Waals surface area contributed by atoms with Crippen LogP contribution in [0, 0.1) is 0 Å². The number of benzene rings is 2. The van der Waals surface area contributed by atoms with Gasteiger partial charge in [-0.3, -0.25) is 14.5 Å². The van der Waals surface area contributed by atoms with Gasteiger partial charge in [-0.05, 0) is 30.2 Å². The van der Waals surface area contributed by atoms with Gasteiger partial charge in [0.2, 0.25) is 5.37 Å². The summed E-state index contributed by atoms with van der Waals surface area (Å²) >= 11 is 0. The quantitative estimate of drug-likeness (QED) is 0.282. The predicted octanol–water partition coefficient (Wildman–Crippen LogP) is 2.54. The van der Waals surface area contributed by atoms with Crippen molar-refractivity contribution in [3.8, 4) is 0 Å². The summed E-state index contributed by atoms with van der Waals surface area (Å²) in [7, 11) is 3.78. The molecule has 1 heterocycles. The molecule has 162 valence electrons. The molecule has 0 aromatic heterocycles. The smallest absolute Gasteiger partial charge is 0.333 e. The lowest BCUT2D eigenvalue weighted by Crippen LogP contribution is -2.75. The molecule has 2 aromatic carbocycles. The molecule has 31 heavy (non-hydrogen) atoms. The van der Waals surface area contributed by atoms with Crippen LogP contribution in [0.5, 0.6) is 0 Å². The number of ether oxygens (including phenoxy) is 1. The lowest BCUT2D eigenvalue weighted by atomic mass is 9.99. The SMILES string of the molecule is C=C(C)C(C(=O)OCc1ccccc1)N1C(=O)C(NC(=O)c2ccccc2)C1[S+]([O-])Cl. The maximum absolute atomic E-state index is 12.8. The van der Waals surface area contributed by atoms with Gasteiger partial charge in [0.15, 0.2) is 22.8 Å². The van der Waals surface area contributed by atoms with E-state index in [2.05, 4.69) is 11.9 Å². The number of rotatable bonds is 8. The molecule has 7 nitrogen and oxygen atoms in total. The third-order valence-corrected chi connectivity index (χ3v) is 6.21. The number of carbonyl (C=O) groups excluding carboxylic acids is 3. The van der Waals surface area contributed by atoms with Crippen LogP contribution in [0.4, 0.5) is 0 Å². The standard InChI is InChI=1S/C22H21ClN2O5S/c1-14(2)18(22(28)30-13-15-9-5-3-6-10-15)25-20(27)17(21(25)31(23)29)24-19(26)16-11-7-4-8-12-16/h3-12,17-18,21H,1,13H2,2H3,(H,24,26). The molecule has 4 atom stereocenters. The Morgan fingerprint density at radius 2 is 1.77 bits per heavy atom. The van der Waals surface area contributed by atoms with Crippen molar-refractivity contribution in [1.29, 1.82) is 0 Å². The number of amides is 2. The zero-order valence-corrected chi connectivity index (χ0v) is 18.3. The van der Waals surface area contributed by atoms with E-state index in [0.29, 0.717) is 11.1 Å². The lowest BCUT2D eigenvalue weighted by molar-refractivity contribution is -0.163. The van der Waals surface area contributed by atoms with Crippen LogP contribution in [0.2, 0.25) is 0 Å². The molecule has 1 aliphatic rings. The number of nitrogens with one attached hydrogen (secondary N) is 1. The van der Waals surface area contributed by atoms with Gasteiger partial charge in [0, 0.05) is 5.56 Å². The molecule has 0 aliphatic carbocycles. The average Bonchev–Trinajstić information content (AvgIpc) is 2.76. The molecule has 1 aliphatic heterocycles. The van der Waals surface area contributed by atoms with Crippen molar-refractivity contribution in [1.82, 2.24) is 10.2 Å². The van der Waals surface area contributed by atoms with Gasteiger partial charge < -0.3 is 14.6 Å². The normalized spacial score (nSPS) is 19.7. The third-order valence-electron chi connectivity index (χ3n) is 4.78. The molecule has 0 bridgehead atoms. The van der Waals surface area contributed by atoms with Crippen LogP contribution >= 0.6 is 10.7 Å². The minimum atomic E-state index is -2.06. The van der Waals surface area contributed by atoms with E-state index in [4.69, 9.17) is 15.4 Å². The lowest BCUT2D eigenvalue weighted by Gasteiger charge is -2.47. The molecule has 3 rings (SSSR count). The van der Waals surface area contributed by atoms with E-state index in [9.17, 15) is 18.9 Å².